The Balaban J connectivity index is 2.17. The van der Waals surface area contributed by atoms with E-state index in [9.17, 15) is 21.6 Å². The van der Waals surface area contributed by atoms with Gasteiger partial charge < -0.3 is 4.52 Å². The number of hydrogen-bond acceptors (Lipinski definition) is 6. The van der Waals surface area contributed by atoms with Crippen molar-refractivity contribution >= 4 is 21.4 Å². The van der Waals surface area contributed by atoms with E-state index in [1.165, 1.54) is 4.31 Å². The Morgan fingerprint density at radius 2 is 2.00 bits per heavy atom. The molecule has 0 amide bonds. The minimum absolute atomic E-state index is 0.0544. The van der Waals surface area contributed by atoms with Crippen LogP contribution in [0.15, 0.2) is 16.7 Å². The van der Waals surface area contributed by atoms with Crippen LogP contribution in [0.4, 0.5) is 13.2 Å². The summed E-state index contributed by atoms with van der Waals surface area (Å²) in [5.74, 6) is -1.52. The Bertz CT molecular complexity index is 784. The first-order valence-electron chi connectivity index (χ1n) is 7.15. The third kappa shape index (κ3) is 4.33. The number of aromatic nitrogens is 2. The van der Waals surface area contributed by atoms with Crippen molar-refractivity contribution in [3.63, 3.8) is 0 Å². The first kappa shape index (κ1) is 18.9. The smallest absolute Gasteiger partial charge is 0.329 e. The number of halogens is 3. The van der Waals surface area contributed by atoms with E-state index in [1.807, 2.05) is 0 Å². The fourth-order valence-electron chi connectivity index (χ4n) is 1.99. The summed E-state index contributed by atoms with van der Waals surface area (Å²) in [7, 11) is -3.35. The summed E-state index contributed by atoms with van der Waals surface area (Å²) in [6.45, 7) is 3.99. The quantitative estimate of drug-likeness (QED) is 0.733. The normalized spacial score (nSPS) is 12.9. The molecular formula is C13H16F3N3O3S2. The van der Waals surface area contributed by atoms with Gasteiger partial charge in [-0.25, -0.2) is 8.42 Å². The van der Waals surface area contributed by atoms with Crippen molar-refractivity contribution in [1.29, 1.82) is 0 Å². The molecule has 0 bridgehead atoms. The predicted molar refractivity (Wildman–Crippen MR) is 82.8 cm³/mol. The van der Waals surface area contributed by atoms with E-state index in [0.717, 1.165) is 11.3 Å². The molecule has 2 heterocycles. The van der Waals surface area contributed by atoms with Gasteiger partial charge in [0.25, 0.3) is 0 Å². The third-order valence-electron chi connectivity index (χ3n) is 3.09. The number of rotatable bonds is 7. The average molecular weight is 383 g/mol. The zero-order valence-electron chi connectivity index (χ0n) is 13.0. The molecule has 0 aliphatic rings. The van der Waals surface area contributed by atoms with Gasteiger partial charge in [0.2, 0.25) is 15.8 Å². The molecule has 0 radical (unpaired) electrons. The first-order chi connectivity index (χ1) is 11.2. The summed E-state index contributed by atoms with van der Waals surface area (Å²) in [5, 5.41) is 3.32. The molecule has 11 heteroatoms. The van der Waals surface area contributed by atoms with Crippen molar-refractivity contribution < 1.29 is 26.1 Å². The second-order valence-electron chi connectivity index (χ2n) is 4.93. The van der Waals surface area contributed by atoms with Crippen molar-refractivity contribution in [3.05, 3.63) is 22.9 Å². The Labute approximate surface area is 141 Å². The first-order valence-corrected chi connectivity index (χ1v) is 9.57. The van der Waals surface area contributed by atoms with Crippen LogP contribution >= 0.6 is 11.3 Å². The highest BCUT2D eigenvalue weighted by atomic mass is 32.2. The lowest BCUT2D eigenvalue weighted by Gasteiger charge is -2.19. The maximum Gasteiger partial charge on any atom is 0.471 e. The molecule has 0 atom stereocenters. The Kier molecular flexibility index (Phi) is 5.66. The molecule has 0 saturated heterocycles. The summed E-state index contributed by atoms with van der Waals surface area (Å²) in [6.07, 6.45) is -4.18. The van der Waals surface area contributed by atoms with E-state index in [2.05, 4.69) is 14.7 Å². The van der Waals surface area contributed by atoms with Gasteiger partial charge in [0.15, 0.2) is 0 Å². The van der Waals surface area contributed by atoms with Crippen molar-refractivity contribution in [2.75, 3.05) is 12.3 Å². The lowest BCUT2D eigenvalue weighted by atomic mass is 10.4. The molecule has 0 spiro atoms. The lowest BCUT2D eigenvalue weighted by Crippen LogP contribution is -2.31. The van der Waals surface area contributed by atoms with Crippen molar-refractivity contribution in [3.8, 4) is 10.7 Å². The molecule has 0 aromatic carbocycles. The standard InChI is InChI=1S/C13H16F3N3O3S2/c1-3-7-24(20,21)19(4-2)8-9-5-6-10(23-9)11-17-12(22-18-11)13(14,15)16/h5-6H,3-4,7-8H2,1-2H3. The van der Waals surface area contributed by atoms with Crippen molar-refractivity contribution in [1.82, 2.24) is 14.4 Å². The van der Waals surface area contributed by atoms with E-state index in [0.29, 0.717) is 22.7 Å². The van der Waals surface area contributed by atoms with E-state index < -0.39 is 22.1 Å². The van der Waals surface area contributed by atoms with Crippen LogP contribution in [0.1, 0.15) is 31.0 Å². The molecule has 0 saturated carbocycles. The van der Waals surface area contributed by atoms with Crippen LogP contribution in [-0.4, -0.2) is 35.2 Å². The van der Waals surface area contributed by atoms with Crippen LogP contribution in [0.3, 0.4) is 0 Å². The van der Waals surface area contributed by atoms with Gasteiger partial charge in [-0.15, -0.1) is 11.3 Å². The summed E-state index contributed by atoms with van der Waals surface area (Å²) >= 11 is 1.13. The SMILES string of the molecule is CCCS(=O)(=O)N(CC)Cc1ccc(-c2noc(C(F)(F)F)n2)s1. The van der Waals surface area contributed by atoms with Crippen LogP contribution in [0, 0.1) is 0 Å². The zero-order chi connectivity index (χ0) is 18.0. The zero-order valence-corrected chi connectivity index (χ0v) is 14.6. The predicted octanol–water partition coefficient (Wildman–Crippen LogP) is 3.38. The van der Waals surface area contributed by atoms with Gasteiger partial charge in [-0.2, -0.15) is 22.5 Å². The number of thiophene rings is 1. The van der Waals surface area contributed by atoms with Gasteiger partial charge in [0.05, 0.1) is 10.6 Å². The molecule has 2 aromatic heterocycles. The molecule has 0 unspecified atom stereocenters. The van der Waals surface area contributed by atoms with E-state index in [1.54, 1.807) is 26.0 Å². The van der Waals surface area contributed by atoms with E-state index >= 15 is 0 Å². The minimum atomic E-state index is -4.70. The molecule has 24 heavy (non-hydrogen) atoms. The summed E-state index contributed by atoms with van der Waals surface area (Å²) < 4.78 is 67.2. The molecule has 0 aliphatic carbocycles. The van der Waals surface area contributed by atoms with Gasteiger partial charge in [0, 0.05) is 18.0 Å². The Hall–Kier alpha value is -1.46. The molecule has 2 aromatic rings. The van der Waals surface area contributed by atoms with Crippen LogP contribution in [0.25, 0.3) is 10.7 Å². The number of sulfonamides is 1. The summed E-state index contributed by atoms with van der Waals surface area (Å²) in [5.41, 5.74) is 0. The van der Waals surface area contributed by atoms with Gasteiger partial charge in [-0.1, -0.05) is 19.0 Å². The monoisotopic (exact) mass is 383 g/mol. The van der Waals surface area contributed by atoms with Crippen LogP contribution in [0.2, 0.25) is 0 Å². The van der Waals surface area contributed by atoms with Crippen LogP contribution < -0.4 is 0 Å². The maximum atomic E-state index is 12.5. The number of hydrogen-bond donors (Lipinski definition) is 0. The molecule has 6 nitrogen and oxygen atoms in total. The van der Waals surface area contributed by atoms with E-state index in [-0.39, 0.29) is 18.1 Å². The lowest BCUT2D eigenvalue weighted by molar-refractivity contribution is -0.159. The molecular weight excluding hydrogens is 367 g/mol. The highest BCUT2D eigenvalue weighted by molar-refractivity contribution is 7.89. The van der Waals surface area contributed by atoms with Crippen LogP contribution in [-0.2, 0) is 22.7 Å². The average Bonchev–Trinajstić information content (AvgIpc) is 3.12. The maximum absolute atomic E-state index is 12.5. The fourth-order valence-corrected chi connectivity index (χ4v) is 4.52. The number of nitrogens with zero attached hydrogens (tertiary/aromatic N) is 3. The molecule has 134 valence electrons. The highest BCUT2D eigenvalue weighted by Gasteiger charge is 2.38. The second kappa shape index (κ2) is 7.19. The summed E-state index contributed by atoms with van der Waals surface area (Å²) in [4.78, 5) is 4.39. The van der Waals surface area contributed by atoms with E-state index in [4.69, 9.17) is 0 Å². The van der Waals surface area contributed by atoms with Crippen molar-refractivity contribution in [2.24, 2.45) is 0 Å². The largest absolute Gasteiger partial charge is 0.471 e. The fraction of sp³-hybridized carbons (Fsp3) is 0.538. The highest BCUT2D eigenvalue weighted by Crippen LogP contribution is 2.32. The van der Waals surface area contributed by atoms with Crippen molar-refractivity contribution in [2.45, 2.75) is 33.0 Å². The third-order valence-corrected chi connectivity index (χ3v) is 6.26. The van der Waals surface area contributed by atoms with Gasteiger partial charge in [-0.05, 0) is 18.6 Å². The minimum Gasteiger partial charge on any atom is -0.329 e. The molecule has 0 aliphatic heterocycles. The van der Waals surface area contributed by atoms with Crippen LogP contribution in [0.5, 0.6) is 0 Å². The Morgan fingerprint density at radius 3 is 2.54 bits per heavy atom. The molecule has 0 N–H and O–H groups in total. The van der Waals surface area contributed by atoms with Gasteiger partial charge >= 0.3 is 12.1 Å². The van der Waals surface area contributed by atoms with Gasteiger partial charge in [-0.3, -0.25) is 0 Å². The number of alkyl halides is 3. The van der Waals surface area contributed by atoms with Gasteiger partial charge in [0.1, 0.15) is 0 Å². The molecule has 2 rings (SSSR count). The Morgan fingerprint density at radius 1 is 1.29 bits per heavy atom. The molecule has 0 fully saturated rings. The summed E-state index contributed by atoms with van der Waals surface area (Å²) in [6, 6.07) is 3.19. The topological polar surface area (TPSA) is 76.3 Å². The second-order valence-corrected chi connectivity index (χ2v) is 8.19.